The van der Waals surface area contributed by atoms with Gasteiger partial charge in [-0.05, 0) is 13.0 Å². The van der Waals surface area contributed by atoms with Gasteiger partial charge in [0.2, 0.25) is 5.36 Å². The maximum Gasteiger partial charge on any atom is 0.206 e. The summed E-state index contributed by atoms with van der Waals surface area (Å²) in [5.41, 5.74) is 8.67. The highest BCUT2D eigenvalue weighted by Gasteiger charge is 2.15. The molecule has 24 heavy (non-hydrogen) atoms. The van der Waals surface area contributed by atoms with Gasteiger partial charge in [-0.25, -0.2) is 9.56 Å². The van der Waals surface area contributed by atoms with Crippen LogP contribution in [0.1, 0.15) is 13.8 Å². The first-order valence-corrected chi connectivity index (χ1v) is 7.12. The number of aryl methyl sites for hydroxylation is 1. The lowest BCUT2D eigenvalue weighted by Crippen LogP contribution is -3.00. The van der Waals surface area contributed by atoms with Crippen LogP contribution < -0.4 is 28.1 Å². The number of benzene rings is 3. The van der Waals surface area contributed by atoms with Gasteiger partial charge in [-0.2, -0.15) is 0 Å². The zero-order valence-corrected chi connectivity index (χ0v) is 13.6. The number of halogens is 1. The predicted molar refractivity (Wildman–Crippen MR) is 94.4 cm³/mol. The topological polar surface area (TPSA) is 55.1 Å². The lowest BCUT2D eigenvalue weighted by atomic mass is 10.1. The van der Waals surface area contributed by atoms with Crippen molar-refractivity contribution in [3.63, 3.8) is 0 Å². The number of anilines is 1. The van der Waals surface area contributed by atoms with E-state index in [9.17, 15) is 0 Å². The second-order valence-corrected chi connectivity index (χ2v) is 5.51. The quantitative estimate of drug-likeness (QED) is 0.211. The summed E-state index contributed by atoms with van der Waals surface area (Å²) in [4.78, 5) is 4.68. The van der Waals surface area contributed by atoms with Crippen molar-refractivity contribution < 1.29 is 25.0 Å². The number of nitrogen functional groups attached to an aromatic ring is 1. The minimum absolute atomic E-state index is 0. The first-order valence-electron chi connectivity index (χ1n) is 10.1. The molecule has 2 aliphatic rings. The van der Waals surface area contributed by atoms with Gasteiger partial charge in [-0.15, -0.1) is 0 Å². The average Bonchev–Trinajstić information content (AvgIpc) is 2.59. The van der Waals surface area contributed by atoms with Crippen LogP contribution in [0.15, 0.2) is 46.9 Å². The van der Waals surface area contributed by atoms with Crippen LogP contribution in [0.2, 0.25) is 0 Å². The molecule has 2 aromatic rings. The lowest BCUT2D eigenvalue weighted by Gasteiger charge is -2.10. The SMILES string of the molecule is [2H]C([2H])([2H])[N+](=c1cc2oc3cc(N)c4ccccc4c3nc-2cc1C)C([2H])([2H])[2H].[Cl-]. The van der Waals surface area contributed by atoms with E-state index < -0.39 is 14.0 Å². The summed E-state index contributed by atoms with van der Waals surface area (Å²) in [5, 5.41) is 1.73. The predicted octanol–water partition coefficient (Wildman–Crippen LogP) is 0.0122. The van der Waals surface area contributed by atoms with Crippen LogP contribution >= 0.6 is 0 Å². The summed E-state index contributed by atoms with van der Waals surface area (Å²) in [7, 11) is 0. The standard InChI is InChI=1S/C19H17N3O.ClH/c1-11-8-15-17(10-16(11)22(2)3)23-18-9-14(20)12-6-4-5-7-13(12)19(18)21-15;/h4-10,20H,1-3H3;1H/i2D3,3D3;. The van der Waals surface area contributed by atoms with E-state index >= 15 is 0 Å². The van der Waals surface area contributed by atoms with Crippen LogP contribution in [0.5, 0.6) is 0 Å². The number of rotatable bonds is 0. The summed E-state index contributed by atoms with van der Waals surface area (Å²) < 4.78 is 52.5. The van der Waals surface area contributed by atoms with Gasteiger partial charge in [0.1, 0.15) is 25.2 Å². The lowest BCUT2D eigenvalue weighted by molar-refractivity contribution is -0.00000524. The van der Waals surface area contributed by atoms with Crippen molar-refractivity contribution in [2.24, 2.45) is 0 Å². The number of hydrogen-bond donors (Lipinski definition) is 1. The van der Waals surface area contributed by atoms with E-state index in [-0.39, 0.29) is 23.5 Å². The number of fused-ring (bicyclic) bond motifs is 4. The third-order valence-corrected chi connectivity index (χ3v) is 3.98. The molecule has 1 heterocycles. The molecule has 4 nitrogen and oxygen atoms in total. The zero-order chi connectivity index (χ0) is 21.1. The highest BCUT2D eigenvalue weighted by Crippen LogP contribution is 2.32. The fourth-order valence-corrected chi connectivity index (χ4v) is 2.87. The second-order valence-electron chi connectivity index (χ2n) is 5.51. The van der Waals surface area contributed by atoms with Gasteiger partial charge in [-0.1, -0.05) is 24.3 Å². The molecule has 1 aliphatic carbocycles. The molecular formula is C19H18ClN3O. The van der Waals surface area contributed by atoms with Crippen LogP contribution in [-0.2, 0) is 0 Å². The van der Waals surface area contributed by atoms with Crippen LogP contribution in [0.4, 0.5) is 5.69 Å². The number of nitrogens with zero attached hydrogens (tertiary/aromatic N) is 2. The number of hydrogen-bond acceptors (Lipinski definition) is 3. The molecule has 0 saturated heterocycles. The first-order chi connectivity index (χ1) is 13.5. The molecule has 0 atom stereocenters. The normalized spacial score (nSPS) is 15.7. The van der Waals surface area contributed by atoms with E-state index in [0.717, 1.165) is 10.8 Å². The Morgan fingerprint density at radius 3 is 2.62 bits per heavy atom. The van der Waals surface area contributed by atoms with Crippen LogP contribution in [0.3, 0.4) is 0 Å². The molecule has 0 bridgehead atoms. The van der Waals surface area contributed by atoms with Crippen LogP contribution in [0, 0.1) is 6.92 Å². The minimum Gasteiger partial charge on any atom is -1.00 e. The van der Waals surface area contributed by atoms with Crippen molar-refractivity contribution in [2.75, 3.05) is 19.7 Å². The number of aromatic nitrogens is 1. The molecule has 0 spiro atoms. The third kappa shape index (κ3) is 2.39. The molecule has 5 heteroatoms. The Balaban J connectivity index is 0.00000256. The van der Waals surface area contributed by atoms with E-state index in [1.807, 2.05) is 24.3 Å². The molecule has 0 aromatic heterocycles. The third-order valence-electron chi connectivity index (χ3n) is 3.98. The summed E-state index contributed by atoms with van der Waals surface area (Å²) in [6.45, 7) is -4.06. The van der Waals surface area contributed by atoms with Crippen molar-refractivity contribution in [3.05, 3.63) is 53.4 Å². The summed E-state index contributed by atoms with van der Waals surface area (Å²) >= 11 is 0. The van der Waals surface area contributed by atoms with E-state index in [1.165, 1.54) is 6.07 Å². The summed E-state index contributed by atoms with van der Waals surface area (Å²) in [6.07, 6.45) is 0. The maximum absolute atomic E-state index is 7.67. The molecule has 2 aromatic carbocycles. The largest absolute Gasteiger partial charge is 1.00 e. The fraction of sp³-hybridized carbons (Fsp3) is 0.158. The molecule has 0 amide bonds. The van der Waals surface area contributed by atoms with Gasteiger partial charge in [0.25, 0.3) is 0 Å². The smallest absolute Gasteiger partial charge is 0.206 e. The van der Waals surface area contributed by atoms with Crippen molar-refractivity contribution in [1.29, 1.82) is 0 Å². The maximum atomic E-state index is 7.67. The van der Waals surface area contributed by atoms with Crippen LogP contribution in [-0.4, -0.2) is 18.9 Å². The van der Waals surface area contributed by atoms with Crippen molar-refractivity contribution in [3.8, 4) is 11.5 Å². The second kappa shape index (κ2) is 5.80. The van der Waals surface area contributed by atoms with Crippen molar-refractivity contribution in [1.82, 2.24) is 9.56 Å². The van der Waals surface area contributed by atoms with Gasteiger partial charge >= 0.3 is 0 Å². The van der Waals surface area contributed by atoms with E-state index in [1.54, 1.807) is 19.1 Å². The minimum atomic E-state index is -2.85. The molecule has 1 aliphatic heterocycles. The van der Waals surface area contributed by atoms with Gasteiger partial charge in [0.15, 0.2) is 11.3 Å². The molecule has 122 valence electrons. The first kappa shape index (κ1) is 10.3. The highest BCUT2D eigenvalue weighted by molar-refractivity contribution is 6.09. The Labute approximate surface area is 154 Å². The van der Waals surface area contributed by atoms with Crippen LogP contribution in [0.25, 0.3) is 33.3 Å². The van der Waals surface area contributed by atoms with E-state index in [2.05, 4.69) is 4.98 Å². The molecule has 0 saturated carbocycles. The van der Waals surface area contributed by atoms with Gasteiger partial charge in [-0.3, -0.25) is 0 Å². The molecule has 2 N–H and O–H groups in total. The Hall–Kier alpha value is -2.59. The zero-order valence-electron chi connectivity index (χ0n) is 18.8. The fourth-order valence-electron chi connectivity index (χ4n) is 2.87. The highest BCUT2D eigenvalue weighted by atomic mass is 35.5. The Morgan fingerprint density at radius 1 is 1.12 bits per heavy atom. The molecule has 0 unspecified atom stereocenters. The molecule has 0 radical (unpaired) electrons. The molecular weight excluding hydrogens is 322 g/mol. The van der Waals surface area contributed by atoms with Crippen molar-refractivity contribution >= 4 is 27.6 Å². The molecule has 4 rings (SSSR count). The van der Waals surface area contributed by atoms with Gasteiger partial charge in [0, 0.05) is 28.1 Å². The summed E-state index contributed by atoms with van der Waals surface area (Å²) in [5.74, 6) is 0.270. The van der Waals surface area contributed by atoms with Crippen molar-refractivity contribution in [2.45, 2.75) is 6.92 Å². The van der Waals surface area contributed by atoms with Gasteiger partial charge in [0.05, 0.1) is 14.3 Å². The van der Waals surface area contributed by atoms with Gasteiger partial charge < -0.3 is 22.6 Å². The van der Waals surface area contributed by atoms with E-state index in [4.69, 9.17) is 18.4 Å². The Morgan fingerprint density at radius 2 is 1.88 bits per heavy atom. The Kier molecular flexibility index (Phi) is 2.49. The number of nitrogens with two attached hydrogens (primary N) is 1. The summed E-state index contributed by atoms with van der Waals surface area (Å²) in [6, 6.07) is 12.3. The molecule has 0 fully saturated rings. The Bertz CT molecular complexity index is 1290. The average molecular weight is 346 g/mol. The monoisotopic (exact) mass is 345 g/mol. The van der Waals surface area contributed by atoms with E-state index in [0.29, 0.717) is 32.6 Å².